The highest BCUT2D eigenvalue weighted by atomic mass is 16.6. The first-order valence-electron chi connectivity index (χ1n) is 5.50. The molecule has 0 aromatic heterocycles. The van der Waals surface area contributed by atoms with Crippen molar-refractivity contribution in [2.75, 3.05) is 7.05 Å². The van der Waals surface area contributed by atoms with Crippen LogP contribution in [-0.2, 0) is 0 Å². The Kier molecular flexibility index (Phi) is 1.99. The van der Waals surface area contributed by atoms with Crippen molar-refractivity contribution in [3.63, 3.8) is 0 Å². The number of fused-ring (bicyclic) bond motifs is 5. The average molecular weight is 215 g/mol. The quantitative estimate of drug-likeness (QED) is 0.731. The van der Waals surface area contributed by atoms with Crippen molar-refractivity contribution >= 4 is 6.09 Å². The summed E-state index contributed by atoms with van der Waals surface area (Å²) in [6.07, 6.45) is 5.18. The van der Waals surface area contributed by atoms with E-state index in [2.05, 4.69) is 23.5 Å². The molecule has 82 valence electrons. The SMILES string of the molecule is CNC(=O)Oc1cccc2c1C1C=CC2C1. The van der Waals surface area contributed by atoms with Crippen molar-refractivity contribution < 1.29 is 9.53 Å². The molecular weight excluding hydrogens is 202 g/mol. The third-order valence-corrected chi connectivity index (χ3v) is 3.36. The molecule has 16 heavy (non-hydrogen) atoms. The molecule has 1 N–H and O–H groups in total. The van der Waals surface area contributed by atoms with Gasteiger partial charge in [0, 0.05) is 24.4 Å². The minimum Gasteiger partial charge on any atom is -0.410 e. The van der Waals surface area contributed by atoms with E-state index in [1.807, 2.05) is 12.1 Å². The molecule has 2 bridgehead atoms. The molecule has 1 aromatic rings. The molecule has 0 aliphatic heterocycles. The van der Waals surface area contributed by atoms with Gasteiger partial charge in [-0.2, -0.15) is 0 Å². The average Bonchev–Trinajstić information content (AvgIpc) is 2.90. The number of hydrogen-bond donors (Lipinski definition) is 1. The summed E-state index contributed by atoms with van der Waals surface area (Å²) in [5, 5.41) is 2.47. The number of hydrogen-bond acceptors (Lipinski definition) is 2. The third kappa shape index (κ3) is 1.24. The van der Waals surface area contributed by atoms with Crippen LogP contribution < -0.4 is 10.1 Å². The Morgan fingerprint density at radius 3 is 3.00 bits per heavy atom. The van der Waals surface area contributed by atoms with Gasteiger partial charge in [0.05, 0.1) is 0 Å². The maximum Gasteiger partial charge on any atom is 0.412 e. The summed E-state index contributed by atoms with van der Waals surface area (Å²) in [6, 6.07) is 5.94. The highest BCUT2D eigenvalue weighted by Gasteiger charge is 2.35. The Hall–Kier alpha value is -1.77. The lowest BCUT2D eigenvalue weighted by molar-refractivity contribution is 0.202. The maximum atomic E-state index is 11.2. The minimum atomic E-state index is -0.403. The van der Waals surface area contributed by atoms with Crippen molar-refractivity contribution in [3.05, 3.63) is 41.5 Å². The first-order valence-corrected chi connectivity index (χ1v) is 5.50. The Balaban J connectivity index is 2.00. The molecule has 0 saturated carbocycles. The standard InChI is InChI=1S/C13H13NO2/c1-14-13(15)16-11-4-2-3-10-8-5-6-9(7-8)12(10)11/h2-6,8-9H,7H2,1H3,(H,14,15). The summed E-state index contributed by atoms with van der Waals surface area (Å²) in [4.78, 5) is 11.2. The van der Waals surface area contributed by atoms with Gasteiger partial charge in [0.15, 0.2) is 0 Å². The molecule has 1 amide bonds. The Bertz CT molecular complexity index is 479. The molecule has 1 aromatic carbocycles. The normalized spacial score (nSPS) is 24.3. The van der Waals surface area contributed by atoms with Crippen molar-refractivity contribution in [2.24, 2.45) is 0 Å². The largest absolute Gasteiger partial charge is 0.412 e. The van der Waals surface area contributed by atoms with Crippen LogP contribution in [-0.4, -0.2) is 13.1 Å². The van der Waals surface area contributed by atoms with E-state index in [4.69, 9.17) is 4.74 Å². The molecule has 0 saturated heterocycles. The van der Waals surface area contributed by atoms with Crippen molar-refractivity contribution in [1.82, 2.24) is 5.32 Å². The second kappa shape index (κ2) is 3.37. The molecular formula is C13H13NO2. The van der Waals surface area contributed by atoms with Gasteiger partial charge in [-0.15, -0.1) is 0 Å². The van der Waals surface area contributed by atoms with E-state index in [0.29, 0.717) is 17.6 Å². The zero-order valence-electron chi connectivity index (χ0n) is 9.07. The van der Waals surface area contributed by atoms with E-state index >= 15 is 0 Å². The zero-order chi connectivity index (χ0) is 11.1. The topological polar surface area (TPSA) is 38.3 Å². The van der Waals surface area contributed by atoms with Crippen LogP contribution in [0, 0.1) is 0 Å². The summed E-state index contributed by atoms with van der Waals surface area (Å²) in [7, 11) is 1.57. The van der Waals surface area contributed by atoms with Crippen LogP contribution >= 0.6 is 0 Å². The first-order chi connectivity index (χ1) is 7.79. The molecule has 0 radical (unpaired) electrons. The number of carbonyl (C=O) groups excluding carboxylic acids is 1. The van der Waals surface area contributed by atoms with Crippen molar-refractivity contribution in [3.8, 4) is 5.75 Å². The van der Waals surface area contributed by atoms with Gasteiger partial charge in [0.2, 0.25) is 0 Å². The lowest BCUT2D eigenvalue weighted by Gasteiger charge is -2.14. The zero-order valence-corrected chi connectivity index (χ0v) is 9.07. The lowest BCUT2D eigenvalue weighted by Crippen LogP contribution is -2.22. The molecule has 3 rings (SSSR count). The first kappa shape index (κ1) is 9.46. The van der Waals surface area contributed by atoms with Crippen LogP contribution in [0.4, 0.5) is 4.79 Å². The Morgan fingerprint density at radius 1 is 1.38 bits per heavy atom. The Labute approximate surface area is 94.1 Å². The lowest BCUT2D eigenvalue weighted by atomic mass is 9.96. The van der Waals surface area contributed by atoms with Gasteiger partial charge in [0.1, 0.15) is 5.75 Å². The summed E-state index contributed by atoms with van der Waals surface area (Å²) >= 11 is 0. The fourth-order valence-electron chi connectivity index (χ4n) is 2.66. The van der Waals surface area contributed by atoms with Crippen molar-refractivity contribution in [2.45, 2.75) is 18.3 Å². The summed E-state index contributed by atoms with van der Waals surface area (Å²) in [6.45, 7) is 0. The number of benzene rings is 1. The van der Waals surface area contributed by atoms with Gasteiger partial charge in [-0.3, -0.25) is 0 Å². The smallest absolute Gasteiger partial charge is 0.410 e. The predicted octanol–water partition coefficient (Wildman–Crippen LogP) is 2.55. The van der Waals surface area contributed by atoms with E-state index in [9.17, 15) is 4.79 Å². The fraction of sp³-hybridized carbons (Fsp3) is 0.308. The molecule has 3 nitrogen and oxygen atoms in total. The van der Waals surface area contributed by atoms with Gasteiger partial charge >= 0.3 is 6.09 Å². The van der Waals surface area contributed by atoms with Gasteiger partial charge < -0.3 is 10.1 Å². The second-order valence-electron chi connectivity index (χ2n) is 4.23. The van der Waals surface area contributed by atoms with Crippen LogP contribution in [0.3, 0.4) is 0 Å². The van der Waals surface area contributed by atoms with Gasteiger partial charge in [-0.25, -0.2) is 4.79 Å². The monoisotopic (exact) mass is 215 g/mol. The molecule has 0 spiro atoms. The fourth-order valence-corrected chi connectivity index (χ4v) is 2.66. The number of nitrogens with one attached hydrogen (secondary N) is 1. The van der Waals surface area contributed by atoms with Gasteiger partial charge in [-0.1, -0.05) is 24.3 Å². The number of rotatable bonds is 1. The molecule has 0 fully saturated rings. The van der Waals surface area contributed by atoms with E-state index in [1.165, 1.54) is 11.1 Å². The number of allylic oxidation sites excluding steroid dienone is 2. The van der Waals surface area contributed by atoms with Gasteiger partial charge in [-0.05, 0) is 18.1 Å². The molecule has 2 unspecified atom stereocenters. The highest BCUT2D eigenvalue weighted by Crippen LogP contribution is 2.51. The van der Waals surface area contributed by atoms with Crippen LogP contribution in [0.5, 0.6) is 5.75 Å². The molecule has 2 aliphatic carbocycles. The molecule has 0 heterocycles. The van der Waals surface area contributed by atoms with E-state index in [1.54, 1.807) is 7.05 Å². The molecule has 2 aliphatic rings. The number of carbonyl (C=O) groups is 1. The molecule has 2 atom stereocenters. The van der Waals surface area contributed by atoms with Crippen LogP contribution in [0.2, 0.25) is 0 Å². The number of ether oxygens (including phenoxy) is 1. The van der Waals surface area contributed by atoms with Gasteiger partial charge in [0.25, 0.3) is 0 Å². The van der Waals surface area contributed by atoms with E-state index in [0.717, 1.165) is 6.42 Å². The third-order valence-electron chi connectivity index (χ3n) is 3.36. The highest BCUT2D eigenvalue weighted by molar-refractivity contribution is 5.71. The van der Waals surface area contributed by atoms with E-state index in [-0.39, 0.29) is 0 Å². The van der Waals surface area contributed by atoms with Crippen LogP contribution in [0.15, 0.2) is 30.4 Å². The minimum absolute atomic E-state index is 0.403. The number of amides is 1. The maximum absolute atomic E-state index is 11.2. The summed E-state index contributed by atoms with van der Waals surface area (Å²) < 4.78 is 5.28. The van der Waals surface area contributed by atoms with Crippen molar-refractivity contribution in [1.29, 1.82) is 0 Å². The summed E-state index contributed by atoms with van der Waals surface area (Å²) in [5.74, 6) is 1.66. The van der Waals surface area contributed by atoms with Crippen LogP contribution in [0.1, 0.15) is 29.4 Å². The van der Waals surface area contributed by atoms with E-state index < -0.39 is 6.09 Å². The Morgan fingerprint density at radius 2 is 2.19 bits per heavy atom. The molecule has 3 heteroatoms. The second-order valence-corrected chi connectivity index (χ2v) is 4.23. The van der Waals surface area contributed by atoms with Crippen LogP contribution in [0.25, 0.3) is 0 Å². The predicted molar refractivity (Wildman–Crippen MR) is 60.8 cm³/mol. The summed E-state index contributed by atoms with van der Waals surface area (Å²) in [5.41, 5.74) is 2.51.